The number of rotatable bonds is 5. The third kappa shape index (κ3) is 3.30. The van der Waals surface area contributed by atoms with E-state index in [0.717, 1.165) is 6.42 Å². The number of piperazine rings is 1. The van der Waals surface area contributed by atoms with Gasteiger partial charge in [-0.2, -0.15) is 4.98 Å². The third-order valence-electron chi connectivity index (χ3n) is 3.03. The number of nitrogens with zero attached hydrogens (tertiary/aromatic N) is 3. The SMILES string of the molecule is CCCC1NC(=O)CN(CCc2noc(C)n2)C1=O. The topological polar surface area (TPSA) is 88.3 Å². The first-order valence-corrected chi connectivity index (χ1v) is 6.47. The molecule has 7 nitrogen and oxygen atoms in total. The van der Waals surface area contributed by atoms with Gasteiger partial charge in [-0.05, 0) is 6.42 Å². The molecule has 1 fully saturated rings. The maximum atomic E-state index is 12.1. The van der Waals surface area contributed by atoms with Crippen molar-refractivity contribution in [2.24, 2.45) is 0 Å². The average Bonchev–Trinajstić information content (AvgIpc) is 2.78. The number of hydrogen-bond donors (Lipinski definition) is 1. The molecule has 1 aliphatic heterocycles. The number of aromatic nitrogens is 2. The lowest BCUT2D eigenvalue weighted by Gasteiger charge is -2.32. The Morgan fingerprint density at radius 1 is 1.47 bits per heavy atom. The van der Waals surface area contributed by atoms with E-state index in [2.05, 4.69) is 15.5 Å². The molecule has 2 heterocycles. The molecule has 7 heteroatoms. The van der Waals surface area contributed by atoms with Gasteiger partial charge in [-0.1, -0.05) is 18.5 Å². The summed E-state index contributed by atoms with van der Waals surface area (Å²) in [7, 11) is 0. The number of carbonyl (C=O) groups excluding carboxylic acids is 2. The smallest absolute Gasteiger partial charge is 0.245 e. The zero-order chi connectivity index (χ0) is 13.8. The minimum Gasteiger partial charge on any atom is -0.343 e. The predicted octanol–water partition coefficient (Wildman–Crippen LogP) is 0.0476. The number of hydrogen-bond acceptors (Lipinski definition) is 5. The van der Waals surface area contributed by atoms with Gasteiger partial charge in [0.2, 0.25) is 17.7 Å². The van der Waals surface area contributed by atoms with Crippen LogP contribution in [0, 0.1) is 6.92 Å². The molecule has 1 saturated heterocycles. The first kappa shape index (κ1) is 13.5. The fourth-order valence-electron chi connectivity index (χ4n) is 2.12. The molecular formula is C12H18N4O3. The van der Waals surface area contributed by atoms with E-state index in [1.54, 1.807) is 11.8 Å². The van der Waals surface area contributed by atoms with Crippen LogP contribution in [-0.2, 0) is 16.0 Å². The first-order valence-electron chi connectivity index (χ1n) is 6.47. The molecule has 0 bridgehead atoms. The summed E-state index contributed by atoms with van der Waals surface area (Å²) in [5.41, 5.74) is 0. The molecule has 1 aromatic heterocycles. The number of nitrogens with one attached hydrogen (secondary N) is 1. The van der Waals surface area contributed by atoms with Gasteiger partial charge in [-0.25, -0.2) is 0 Å². The van der Waals surface area contributed by atoms with E-state index in [0.29, 0.717) is 31.1 Å². The van der Waals surface area contributed by atoms with Crippen molar-refractivity contribution in [3.05, 3.63) is 11.7 Å². The van der Waals surface area contributed by atoms with Crippen LogP contribution in [0.2, 0.25) is 0 Å². The largest absolute Gasteiger partial charge is 0.343 e. The Labute approximate surface area is 111 Å². The van der Waals surface area contributed by atoms with Gasteiger partial charge >= 0.3 is 0 Å². The maximum Gasteiger partial charge on any atom is 0.245 e. The summed E-state index contributed by atoms with van der Waals surface area (Å²) in [4.78, 5) is 29.3. The van der Waals surface area contributed by atoms with Crippen molar-refractivity contribution in [3.63, 3.8) is 0 Å². The minimum atomic E-state index is -0.391. The molecule has 1 unspecified atom stereocenters. The molecule has 1 atom stereocenters. The third-order valence-corrected chi connectivity index (χ3v) is 3.03. The molecule has 1 aliphatic rings. The molecule has 2 rings (SSSR count). The summed E-state index contributed by atoms with van der Waals surface area (Å²) < 4.78 is 4.87. The Kier molecular flexibility index (Phi) is 4.13. The van der Waals surface area contributed by atoms with Gasteiger partial charge in [-0.15, -0.1) is 0 Å². The lowest BCUT2D eigenvalue weighted by molar-refractivity contribution is -0.144. The van der Waals surface area contributed by atoms with Crippen molar-refractivity contribution in [2.45, 2.75) is 39.2 Å². The van der Waals surface area contributed by atoms with Crippen LogP contribution in [0.1, 0.15) is 31.5 Å². The highest BCUT2D eigenvalue weighted by atomic mass is 16.5. The van der Waals surface area contributed by atoms with Gasteiger partial charge in [0, 0.05) is 19.9 Å². The fourth-order valence-corrected chi connectivity index (χ4v) is 2.12. The van der Waals surface area contributed by atoms with Crippen LogP contribution in [0.5, 0.6) is 0 Å². The van der Waals surface area contributed by atoms with Crippen LogP contribution in [0.4, 0.5) is 0 Å². The van der Waals surface area contributed by atoms with E-state index in [1.807, 2.05) is 6.92 Å². The lowest BCUT2D eigenvalue weighted by atomic mass is 10.1. The summed E-state index contributed by atoms with van der Waals surface area (Å²) in [5, 5.41) is 6.49. The molecule has 104 valence electrons. The second-order valence-electron chi connectivity index (χ2n) is 4.65. The standard InChI is InChI=1S/C12H18N4O3/c1-3-4-9-12(18)16(7-11(17)14-9)6-5-10-13-8(2)19-15-10/h9H,3-7H2,1-2H3,(H,14,17). The van der Waals surface area contributed by atoms with Crippen molar-refractivity contribution in [3.8, 4) is 0 Å². The summed E-state index contributed by atoms with van der Waals surface area (Å²) in [6.07, 6.45) is 2.02. The second kappa shape index (κ2) is 5.81. The van der Waals surface area contributed by atoms with E-state index < -0.39 is 6.04 Å². The quantitative estimate of drug-likeness (QED) is 0.813. The van der Waals surface area contributed by atoms with Gasteiger partial charge in [-0.3, -0.25) is 9.59 Å². The summed E-state index contributed by atoms with van der Waals surface area (Å²) in [6, 6.07) is -0.391. The Balaban J connectivity index is 1.94. The van der Waals surface area contributed by atoms with Gasteiger partial charge in [0.25, 0.3) is 0 Å². The summed E-state index contributed by atoms with van der Waals surface area (Å²) >= 11 is 0. The van der Waals surface area contributed by atoms with Gasteiger partial charge in [0.1, 0.15) is 6.04 Å². The molecule has 1 aromatic rings. The first-order chi connectivity index (χ1) is 9.10. The molecule has 2 amide bonds. The van der Waals surface area contributed by atoms with Gasteiger partial charge < -0.3 is 14.7 Å². The van der Waals surface area contributed by atoms with Crippen molar-refractivity contribution in [1.82, 2.24) is 20.4 Å². The molecule has 0 aliphatic carbocycles. The molecule has 1 N–H and O–H groups in total. The zero-order valence-electron chi connectivity index (χ0n) is 11.2. The minimum absolute atomic E-state index is 0.0262. The highest BCUT2D eigenvalue weighted by molar-refractivity contribution is 5.94. The normalized spacial score (nSPS) is 19.7. The molecule has 0 saturated carbocycles. The molecule has 0 aromatic carbocycles. The van der Waals surface area contributed by atoms with E-state index in [4.69, 9.17) is 4.52 Å². The van der Waals surface area contributed by atoms with Crippen LogP contribution in [0.25, 0.3) is 0 Å². The van der Waals surface area contributed by atoms with Crippen LogP contribution in [0.15, 0.2) is 4.52 Å². The van der Waals surface area contributed by atoms with Crippen molar-refractivity contribution in [1.29, 1.82) is 0 Å². The van der Waals surface area contributed by atoms with E-state index in [-0.39, 0.29) is 18.4 Å². The van der Waals surface area contributed by atoms with E-state index in [9.17, 15) is 9.59 Å². The average molecular weight is 266 g/mol. The Morgan fingerprint density at radius 2 is 2.26 bits per heavy atom. The van der Waals surface area contributed by atoms with E-state index >= 15 is 0 Å². The highest BCUT2D eigenvalue weighted by Crippen LogP contribution is 2.09. The van der Waals surface area contributed by atoms with Crippen LogP contribution < -0.4 is 5.32 Å². The summed E-state index contributed by atoms with van der Waals surface area (Å²) in [5.74, 6) is 0.925. The van der Waals surface area contributed by atoms with Gasteiger partial charge in [0.15, 0.2) is 5.82 Å². The van der Waals surface area contributed by atoms with Crippen molar-refractivity contribution < 1.29 is 14.1 Å². The van der Waals surface area contributed by atoms with Crippen molar-refractivity contribution >= 4 is 11.8 Å². The Morgan fingerprint density at radius 3 is 2.89 bits per heavy atom. The van der Waals surface area contributed by atoms with Gasteiger partial charge in [0.05, 0.1) is 6.54 Å². The molecule has 0 spiro atoms. The predicted molar refractivity (Wildman–Crippen MR) is 66.2 cm³/mol. The fraction of sp³-hybridized carbons (Fsp3) is 0.667. The monoisotopic (exact) mass is 266 g/mol. The zero-order valence-corrected chi connectivity index (χ0v) is 11.2. The molecule has 19 heavy (non-hydrogen) atoms. The maximum absolute atomic E-state index is 12.1. The second-order valence-corrected chi connectivity index (χ2v) is 4.65. The summed E-state index contributed by atoms with van der Waals surface area (Å²) in [6.45, 7) is 4.25. The van der Waals surface area contributed by atoms with Crippen LogP contribution in [0.3, 0.4) is 0 Å². The molecular weight excluding hydrogens is 248 g/mol. The molecule has 0 radical (unpaired) electrons. The Bertz CT molecular complexity index is 471. The van der Waals surface area contributed by atoms with E-state index in [1.165, 1.54) is 0 Å². The van der Waals surface area contributed by atoms with Crippen LogP contribution in [-0.4, -0.2) is 46.0 Å². The number of aryl methyl sites for hydroxylation is 1. The lowest BCUT2D eigenvalue weighted by Crippen LogP contribution is -2.58. The number of amides is 2. The van der Waals surface area contributed by atoms with Crippen molar-refractivity contribution in [2.75, 3.05) is 13.1 Å². The highest BCUT2D eigenvalue weighted by Gasteiger charge is 2.31. The Hall–Kier alpha value is -1.92. The number of carbonyl (C=O) groups is 2. The van der Waals surface area contributed by atoms with Crippen LogP contribution >= 0.6 is 0 Å².